The molecule has 2 N–H and O–H groups in total. The van der Waals surface area contributed by atoms with Crippen LogP contribution in [0.5, 0.6) is 0 Å². The van der Waals surface area contributed by atoms with Gasteiger partial charge in [-0.1, -0.05) is 19.1 Å². The van der Waals surface area contributed by atoms with Crippen molar-refractivity contribution in [2.24, 2.45) is 0 Å². The van der Waals surface area contributed by atoms with Crippen molar-refractivity contribution in [1.29, 1.82) is 0 Å². The molecular formula is C13H15ClFN5. The number of hydrogen-bond acceptors (Lipinski definition) is 5. The largest absolute Gasteiger partial charge is 0.354 e. The highest BCUT2D eigenvalue weighted by atomic mass is 35.5. The fourth-order valence-corrected chi connectivity index (χ4v) is 1.69. The molecule has 1 aromatic carbocycles. The van der Waals surface area contributed by atoms with Crippen LogP contribution in [0.1, 0.15) is 18.9 Å². The molecule has 0 aliphatic carbocycles. The molecule has 0 radical (unpaired) electrons. The predicted octanol–water partition coefficient (Wildman–Crippen LogP) is 3.10. The first-order valence-corrected chi connectivity index (χ1v) is 6.69. The number of benzene rings is 1. The minimum absolute atomic E-state index is 0.125. The van der Waals surface area contributed by atoms with E-state index >= 15 is 0 Å². The van der Waals surface area contributed by atoms with Gasteiger partial charge in [-0.05, 0) is 35.7 Å². The SMILES string of the molecule is CCCNc1nc(Cl)nc(NCc2ccc(F)cc2)n1. The summed E-state index contributed by atoms with van der Waals surface area (Å²) in [6.07, 6.45) is 0.960. The van der Waals surface area contributed by atoms with E-state index in [-0.39, 0.29) is 11.1 Å². The number of anilines is 2. The zero-order chi connectivity index (χ0) is 14.4. The molecule has 0 fully saturated rings. The Balaban J connectivity index is 2.01. The van der Waals surface area contributed by atoms with Crippen LogP contribution in [0.3, 0.4) is 0 Å². The highest BCUT2D eigenvalue weighted by Crippen LogP contribution is 2.11. The van der Waals surface area contributed by atoms with Crippen LogP contribution < -0.4 is 10.6 Å². The van der Waals surface area contributed by atoms with E-state index in [9.17, 15) is 4.39 Å². The number of aromatic nitrogens is 3. The van der Waals surface area contributed by atoms with Crippen LogP contribution in [0.15, 0.2) is 24.3 Å². The fourth-order valence-electron chi connectivity index (χ4n) is 1.53. The summed E-state index contributed by atoms with van der Waals surface area (Å²) in [5.74, 6) is 0.560. The van der Waals surface area contributed by atoms with E-state index in [4.69, 9.17) is 11.6 Å². The molecule has 0 unspecified atom stereocenters. The third kappa shape index (κ3) is 4.31. The maximum Gasteiger partial charge on any atom is 0.229 e. The highest BCUT2D eigenvalue weighted by molar-refractivity contribution is 6.28. The van der Waals surface area contributed by atoms with Crippen molar-refractivity contribution in [1.82, 2.24) is 15.0 Å². The third-order valence-electron chi connectivity index (χ3n) is 2.51. The van der Waals surface area contributed by atoms with Crippen LogP contribution in [0.2, 0.25) is 5.28 Å². The Labute approximate surface area is 121 Å². The van der Waals surface area contributed by atoms with Crippen molar-refractivity contribution in [3.8, 4) is 0 Å². The average molecular weight is 296 g/mol. The van der Waals surface area contributed by atoms with Crippen LogP contribution >= 0.6 is 11.6 Å². The Bertz CT molecular complexity index is 561. The Hall–Kier alpha value is -1.95. The van der Waals surface area contributed by atoms with Crippen molar-refractivity contribution < 1.29 is 4.39 Å². The molecule has 0 saturated carbocycles. The van der Waals surface area contributed by atoms with E-state index in [1.165, 1.54) is 12.1 Å². The molecule has 0 spiro atoms. The van der Waals surface area contributed by atoms with E-state index in [1.807, 2.05) is 6.92 Å². The number of rotatable bonds is 6. The van der Waals surface area contributed by atoms with Crippen molar-refractivity contribution in [2.75, 3.05) is 17.2 Å². The lowest BCUT2D eigenvalue weighted by molar-refractivity contribution is 0.627. The summed E-state index contributed by atoms with van der Waals surface area (Å²) in [5, 5.41) is 6.20. The first-order chi connectivity index (χ1) is 9.67. The number of halogens is 2. The molecule has 1 aromatic heterocycles. The molecule has 2 rings (SSSR count). The molecular weight excluding hydrogens is 281 g/mol. The van der Waals surface area contributed by atoms with Crippen LogP contribution in [-0.2, 0) is 6.54 Å². The molecule has 20 heavy (non-hydrogen) atoms. The van der Waals surface area contributed by atoms with Gasteiger partial charge in [0.2, 0.25) is 17.2 Å². The molecule has 0 aliphatic heterocycles. The summed E-state index contributed by atoms with van der Waals surface area (Å²) in [7, 11) is 0. The van der Waals surface area contributed by atoms with Gasteiger partial charge in [0.1, 0.15) is 5.82 Å². The first kappa shape index (κ1) is 14.5. The van der Waals surface area contributed by atoms with E-state index in [0.717, 1.165) is 18.5 Å². The van der Waals surface area contributed by atoms with E-state index in [1.54, 1.807) is 12.1 Å². The molecule has 0 aliphatic rings. The fraction of sp³-hybridized carbons (Fsp3) is 0.308. The molecule has 7 heteroatoms. The van der Waals surface area contributed by atoms with Crippen molar-refractivity contribution in [2.45, 2.75) is 19.9 Å². The van der Waals surface area contributed by atoms with Gasteiger partial charge in [-0.15, -0.1) is 0 Å². The Kier molecular flexibility index (Phi) is 5.06. The number of nitrogens with one attached hydrogen (secondary N) is 2. The molecule has 0 amide bonds. The van der Waals surface area contributed by atoms with Gasteiger partial charge in [0, 0.05) is 13.1 Å². The van der Waals surface area contributed by atoms with Gasteiger partial charge in [-0.2, -0.15) is 15.0 Å². The zero-order valence-electron chi connectivity index (χ0n) is 11.0. The van der Waals surface area contributed by atoms with E-state index in [2.05, 4.69) is 25.6 Å². The predicted molar refractivity (Wildman–Crippen MR) is 77.3 cm³/mol. The molecule has 0 atom stereocenters. The standard InChI is InChI=1S/C13H15ClFN5/c1-2-7-16-12-18-11(14)19-13(20-12)17-8-9-3-5-10(15)6-4-9/h3-6H,2,7-8H2,1H3,(H2,16,17,18,19,20). The first-order valence-electron chi connectivity index (χ1n) is 6.31. The summed E-state index contributed by atoms with van der Waals surface area (Å²) >= 11 is 5.84. The number of nitrogens with zero attached hydrogens (tertiary/aromatic N) is 3. The maximum atomic E-state index is 12.8. The normalized spacial score (nSPS) is 10.3. The van der Waals surface area contributed by atoms with Crippen LogP contribution in [0, 0.1) is 5.82 Å². The lowest BCUT2D eigenvalue weighted by Gasteiger charge is -2.08. The third-order valence-corrected chi connectivity index (χ3v) is 2.67. The molecule has 0 bridgehead atoms. The second-order valence-corrected chi connectivity index (χ2v) is 4.50. The second kappa shape index (κ2) is 7.00. The monoisotopic (exact) mass is 295 g/mol. The number of hydrogen-bond donors (Lipinski definition) is 2. The Morgan fingerprint density at radius 3 is 2.35 bits per heavy atom. The molecule has 106 valence electrons. The highest BCUT2D eigenvalue weighted by Gasteiger charge is 2.04. The van der Waals surface area contributed by atoms with Gasteiger partial charge in [-0.25, -0.2) is 4.39 Å². The zero-order valence-corrected chi connectivity index (χ0v) is 11.8. The topological polar surface area (TPSA) is 62.7 Å². The molecule has 5 nitrogen and oxygen atoms in total. The summed E-state index contributed by atoms with van der Waals surface area (Å²) in [5.41, 5.74) is 0.922. The van der Waals surface area contributed by atoms with Gasteiger partial charge in [0.15, 0.2) is 0 Å². The van der Waals surface area contributed by atoms with Gasteiger partial charge >= 0.3 is 0 Å². The minimum Gasteiger partial charge on any atom is -0.354 e. The summed E-state index contributed by atoms with van der Waals surface area (Å²) in [6.45, 7) is 3.29. The molecule has 1 heterocycles. The lowest BCUT2D eigenvalue weighted by atomic mass is 10.2. The van der Waals surface area contributed by atoms with E-state index < -0.39 is 0 Å². The van der Waals surface area contributed by atoms with E-state index in [0.29, 0.717) is 18.4 Å². The van der Waals surface area contributed by atoms with Gasteiger partial charge < -0.3 is 10.6 Å². The average Bonchev–Trinajstić information content (AvgIpc) is 2.44. The van der Waals surface area contributed by atoms with Gasteiger partial charge in [0.05, 0.1) is 0 Å². The van der Waals surface area contributed by atoms with Crippen LogP contribution in [-0.4, -0.2) is 21.5 Å². The van der Waals surface area contributed by atoms with Gasteiger partial charge in [0.25, 0.3) is 0 Å². The summed E-state index contributed by atoms with van der Waals surface area (Å²) in [6, 6.07) is 6.21. The minimum atomic E-state index is -0.261. The van der Waals surface area contributed by atoms with Crippen LogP contribution in [0.4, 0.5) is 16.3 Å². The van der Waals surface area contributed by atoms with Crippen LogP contribution in [0.25, 0.3) is 0 Å². The second-order valence-electron chi connectivity index (χ2n) is 4.16. The van der Waals surface area contributed by atoms with Crippen molar-refractivity contribution in [3.63, 3.8) is 0 Å². The quantitative estimate of drug-likeness (QED) is 0.857. The summed E-state index contributed by atoms with van der Waals surface area (Å²) in [4.78, 5) is 12.2. The maximum absolute atomic E-state index is 12.8. The van der Waals surface area contributed by atoms with Crippen molar-refractivity contribution in [3.05, 3.63) is 40.9 Å². The summed E-state index contributed by atoms with van der Waals surface area (Å²) < 4.78 is 12.8. The van der Waals surface area contributed by atoms with Gasteiger partial charge in [-0.3, -0.25) is 0 Å². The Morgan fingerprint density at radius 2 is 1.70 bits per heavy atom. The molecule has 0 saturated heterocycles. The van der Waals surface area contributed by atoms with Crippen molar-refractivity contribution >= 4 is 23.5 Å². The lowest BCUT2D eigenvalue weighted by Crippen LogP contribution is -2.09. The molecule has 2 aromatic rings. The Morgan fingerprint density at radius 1 is 1.05 bits per heavy atom. The smallest absolute Gasteiger partial charge is 0.229 e.